The third-order valence-electron chi connectivity index (χ3n) is 4.00. The van der Waals surface area contributed by atoms with E-state index >= 15 is 0 Å². The fourth-order valence-electron chi connectivity index (χ4n) is 2.64. The Labute approximate surface area is 138 Å². The molecular weight excluding hydrogens is 286 g/mol. The highest BCUT2D eigenvalue weighted by molar-refractivity contribution is 5.77. The summed E-state index contributed by atoms with van der Waals surface area (Å²) in [4.78, 5) is 11.3. The van der Waals surface area contributed by atoms with Crippen molar-refractivity contribution in [3.8, 4) is 0 Å². The molecule has 1 atom stereocenters. The average molecular weight is 310 g/mol. The van der Waals surface area contributed by atoms with Crippen LogP contribution < -0.4 is 0 Å². The van der Waals surface area contributed by atoms with Crippen molar-refractivity contribution in [2.75, 3.05) is 0 Å². The molecule has 2 aromatic rings. The highest BCUT2D eigenvalue weighted by Gasteiger charge is 2.30. The van der Waals surface area contributed by atoms with Crippen molar-refractivity contribution in [3.63, 3.8) is 0 Å². The predicted molar refractivity (Wildman–Crippen MR) is 91.7 cm³/mol. The van der Waals surface area contributed by atoms with Crippen molar-refractivity contribution in [1.29, 1.82) is 0 Å². The Morgan fingerprint density at radius 2 is 1.65 bits per heavy atom. The molecular formula is C20H24NO2. The van der Waals surface area contributed by atoms with Crippen LogP contribution in [0.25, 0.3) is 0 Å². The SMILES string of the molecule is Cc1ccc(C(Cc2ccccc2C=O)N([O])C(C)(C)C)cc1. The maximum atomic E-state index is 12.9. The Bertz CT molecular complexity index is 656. The van der Waals surface area contributed by atoms with E-state index in [4.69, 9.17) is 0 Å². The highest BCUT2D eigenvalue weighted by atomic mass is 16.5. The van der Waals surface area contributed by atoms with E-state index in [1.807, 2.05) is 70.2 Å². The lowest BCUT2D eigenvalue weighted by Crippen LogP contribution is -2.41. The first-order chi connectivity index (χ1) is 10.8. The van der Waals surface area contributed by atoms with Gasteiger partial charge in [0.2, 0.25) is 0 Å². The molecule has 0 aliphatic heterocycles. The normalized spacial score (nSPS) is 13.1. The van der Waals surface area contributed by atoms with Gasteiger partial charge in [-0.3, -0.25) is 4.79 Å². The number of hydrogen-bond acceptors (Lipinski definition) is 2. The smallest absolute Gasteiger partial charge is 0.150 e. The number of aldehydes is 1. The monoisotopic (exact) mass is 310 g/mol. The van der Waals surface area contributed by atoms with E-state index in [9.17, 15) is 10.0 Å². The van der Waals surface area contributed by atoms with Crippen LogP contribution in [0, 0.1) is 6.92 Å². The topological polar surface area (TPSA) is 40.2 Å². The zero-order valence-corrected chi connectivity index (χ0v) is 14.2. The molecule has 2 rings (SSSR count). The molecule has 0 aromatic heterocycles. The maximum absolute atomic E-state index is 12.9. The lowest BCUT2D eigenvalue weighted by Gasteiger charge is -2.35. The summed E-state index contributed by atoms with van der Waals surface area (Å²) in [6.07, 6.45) is 1.37. The summed E-state index contributed by atoms with van der Waals surface area (Å²) >= 11 is 0. The Hall–Kier alpha value is -1.97. The number of hydrogen-bond donors (Lipinski definition) is 0. The fourth-order valence-corrected chi connectivity index (χ4v) is 2.64. The molecule has 2 aromatic carbocycles. The van der Waals surface area contributed by atoms with Crippen LogP contribution in [0.4, 0.5) is 0 Å². The quantitative estimate of drug-likeness (QED) is 0.601. The summed E-state index contributed by atoms with van der Waals surface area (Å²) in [6.45, 7) is 7.76. The second-order valence-corrected chi connectivity index (χ2v) is 6.94. The van der Waals surface area contributed by atoms with Gasteiger partial charge in [0.1, 0.15) is 6.29 Å². The van der Waals surface area contributed by atoms with Gasteiger partial charge in [-0.1, -0.05) is 54.1 Å². The van der Waals surface area contributed by atoms with E-state index < -0.39 is 5.54 Å². The van der Waals surface area contributed by atoms with Gasteiger partial charge in [0.15, 0.2) is 0 Å². The van der Waals surface area contributed by atoms with Crippen molar-refractivity contribution in [3.05, 3.63) is 70.8 Å². The summed E-state index contributed by atoms with van der Waals surface area (Å²) in [6, 6.07) is 15.2. The van der Waals surface area contributed by atoms with E-state index in [0.29, 0.717) is 12.0 Å². The minimum atomic E-state index is -0.508. The van der Waals surface area contributed by atoms with E-state index in [1.54, 1.807) is 6.07 Å². The van der Waals surface area contributed by atoms with E-state index in [2.05, 4.69) is 0 Å². The van der Waals surface area contributed by atoms with Crippen LogP contribution >= 0.6 is 0 Å². The minimum Gasteiger partial charge on any atom is -0.298 e. The largest absolute Gasteiger partial charge is 0.298 e. The molecule has 0 N–H and O–H groups in total. The Kier molecular flexibility index (Phi) is 5.34. The number of benzene rings is 2. The van der Waals surface area contributed by atoms with Gasteiger partial charge in [0, 0.05) is 11.1 Å². The Morgan fingerprint density at radius 1 is 1.04 bits per heavy atom. The molecule has 3 nitrogen and oxygen atoms in total. The van der Waals surface area contributed by atoms with Crippen molar-refractivity contribution in [2.24, 2.45) is 0 Å². The van der Waals surface area contributed by atoms with Crippen LogP contribution in [0.5, 0.6) is 0 Å². The third-order valence-corrected chi connectivity index (χ3v) is 4.00. The molecule has 0 bridgehead atoms. The van der Waals surface area contributed by atoms with Crippen LogP contribution in [-0.4, -0.2) is 16.9 Å². The predicted octanol–water partition coefficient (Wildman–Crippen LogP) is 4.54. The molecule has 121 valence electrons. The molecule has 0 spiro atoms. The van der Waals surface area contributed by atoms with Gasteiger partial charge in [-0.05, 0) is 45.2 Å². The fraction of sp³-hybridized carbons (Fsp3) is 0.350. The summed E-state index contributed by atoms with van der Waals surface area (Å²) < 4.78 is 0. The van der Waals surface area contributed by atoms with E-state index in [0.717, 1.165) is 28.0 Å². The van der Waals surface area contributed by atoms with Crippen molar-refractivity contribution < 1.29 is 10.0 Å². The molecule has 0 aliphatic carbocycles. The van der Waals surface area contributed by atoms with Crippen LogP contribution in [0.1, 0.15) is 53.9 Å². The van der Waals surface area contributed by atoms with Gasteiger partial charge >= 0.3 is 0 Å². The molecule has 0 saturated heterocycles. The zero-order chi connectivity index (χ0) is 17.0. The molecule has 3 heteroatoms. The first kappa shape index (κ1) is 17.4. The summed E-state index contributed by atoms with van der Waals surface area (Å²) in [7, 11) is 0. The molecule has 0 aliphatic rings. The zero-order valence-electron chi connectivity index (χ0n) is 14.2. The molecule has 1 unspecified atom stereocenters. The van der Waals surface area contributed by atoms with Crippen molar-refractivity contribution >= 4 is 6.29 Å². The second-order valence-electron chi connectivity index (χ2n) is 6.94. The molecule has 1 radical (unpaired) electrons. The van der Waals surface area contributed by atoms with Crippen LogP contribution in [0.3, 0.4) is 0 Å². The standard InChI is InChI=1S/C20H24NO2/c1-15-9-11-16(12-10-15)19(21(23)20(2,3)4)13-17-7-5-6-8-18(17)14-22/h5-12,14,19H,13H2,1-4H3. The molecule has 0 heterocycles. The molecule has 0 amide bonds. The van der Waals surface area contributed by atoms with Crippen LogP contribution in [0.15, 0.2) is 48.5 Å². The summed E-state index contributed by atoms with van der Waals surface area (Å²) in [5.74, 6) is 0. The average Bonchev–Trinajstić information content (AvgIpc) is 2.52. The molecule has 0 fully saturated rings. The van der Waals surface area contributed by atoms with Crippen LogP contribution in [0.2, 0.25) is 0 Å². The third kappa shape index (κ3) is 4.27. The lowest BCUT2D eigenvalue weighted by molar-refractivity contribution is -0.241. The Balaban J connectivity index is 2.41. The second kappa shape index (κ2) is 7.07. The van der Waals surface area contributed by atoms with Gasteiger partial charge in [-0.2, -0.15) is 0 Å². The maximum Gasteiger partial charge on any atom is 0.150 e. The molecule has 23 heavy (non-hydrogen) atoms. The molecule has 0 saturated carbocycles. The van der Waals surface area contributed by atoms with Gasteiger partial charge in [-0.15, -0.1) is 10.3 Å². The Morgan fingerprint density at radius 3 is 2.22 bits per heavy atom. The number of nitrogens with zero attached hydrogens (tertiary/aromatic N) is 1. The number of aryl methyl sites for hydroxylation is 1. The lowest BCUT2D eigenvalue weighted by atomic mass is 9.93. The van der Waals surface area contributed by atoms with E-state index in [-0.39, 0.29) is 6.04 Å². The van der Waals surface area contributed by atoms with Gasteiger partial charge in [-0.25, -0.2) is 0 Å². The number of carbonyl (C=O) groups excluding carboxylic acids is 1. The number of rotatable bonds is 5. The summed E-state index contributed by atoms with van der Waals surface area (Å²) in [5, 5.41) is 14.0. The van der Waals surface area contributed by atoms with Crippen molar-refractivity contribution in [2.45, 2.75) is 45.7 Å². The first-order valence-corrected chi connectivity index (χ1v) is 7.89. The number of hydroxylamine groups is 2. The van der Waals surface area contributed by atoms with Crippen molar-refractivity contribution in [1.82, 2.24) is 5.06 Å². The number of carbonyl (C=O) groups is 1. The highest BCUT2D eigenvalue weighted by Crippen LogP contribution is 2.30. The van der Waals surface area contributed by atoms with E-state index in [1.165, 1.54) is 0 Å². The summed E-state index contributed by atoms with van der Waals surface area (Å²) in [5.41, 5.74) is 3.17. The van der Waals surface area contributed by atoms with Gasteiger partial charge in [0.25, 0.3) is 0 Å². The van der Waals surface area contributed by atoms with Crippen LogP contribution in [-0.2, 0) is 11.6 Å². The minimum absolute atomic E-state index is 0.323. The first-order valence-electron chi connectivity index (χ1n) is 7.89. The van der Waals surface area contributed by atoms with Gasteiger partial charge in [0.05, 0.1) is 6.04 Å². The van der Waals surface area contributed by atoms with Gasteiger partial charge < -0.3 is 0 Å².